The minimum Gasteiger partial charge on any atom is -0.381 e. The summed E-state index contributed by atoms with van der Waals surface area (Å²) in [6, 6.07) is 5.02. The number of nitro benzene ring substituents is 1. The van der Waals surface area contributed by atoms with Crippen LogP contribution in [0.2, 0.25) is 5.02 Å². The molecule has 0 spiro atoms. The number of hydrogen-bond donors (Lipinski definition) is 1. The fourth-order valence-corrected chi connectivity index (χ4v) is 2.82. The van der Waals surface area contributed by atoms with Crippen molar-refractivity contribution in [3.8, 4) is 0 Å². The van der Waals surface area contributed by atoms with Crippen LogP contribution in [0, 0.1) is 16.0 Å². The summed E-state index contributed by atoms with van der Waals surface area (Å²) in [4.78, 5) is 10.2. The van der Waals surface area contributed by atoms with Crippen LogP contribution in [0.25, 0.3) is 0 Å². The number of nitrogens with one attached hydrogen (secondary N) is 1. The number of hydrogen-bond acceptors (Lipinski definition) is 3. The van der Waals surface area contributed by atoms with Crippen LogP contribution in [0.15, 0.2) is 18.2 Å². The van der Waals surface area contributed by atoms with E-state index in [2.05, 4.69) is 12.2 Å². The molecule has 0 heterocycles. The highest BCUT2D eigenvalue weighted by Crippen LogP contribution is 2.30. The van der Waals surface area contributed by atoms with E-state index in [-0.39, 0.29) is 5.69 Å². The molecule has 1 saturated carbocycles. The van der Waals surface area contributed by atoms with Gasteiger partial charge in [-0.3, -0.25) is 10.1 Å². The molecule has 104 valence electrons. The average molecular weight is 283 g/mol. The second-order valence-electron chi connectivity index (χ2n) is 5.38. The summed E-state index contributed by atoms with van der Waals surface area (Å²) in [6.45, 7) is 2.29. The van der Waals surface area contributed by atoms with E-state index >= 15 is 0 Å². The Bertz CT molecular complexity index is 465. The molecule has 1 N–H and O–H groups in total. The maximum atomic E-state index is 10.7. The van der Waals surface area contributed by atoms with Gasteiger partial charge in [-0.1, -0.05) is 31.4 Å². The van der Waals surface area contributed by atoms with Crippen molar-refractivity contribution in [1.82, 2.24) is 0 Å². The lowest BCUT2D eigenvalue weighted by molar-refractivity contribution is -0.384. The molecule has 1 aliphatic carbocycles. The minimum absolute atomic E-state index is 0.0324. The summed E-state index contributed by atoms with van der Waals surface area (Å²) in [6.07, 6.45) is 6.00. The van der Waals surface area contributed by atoms with Crippen LogP contribution in [0.1, 0.15) is 39.0 Å². The number of halogens is 1. The summed E-state index contributed by atoms with van der Waals surface area (Å²) in [5.41, 5.74) is 0.830. The third kappa shape index (κ3) is 3.83. The van der Waals surface area contributed by atoms with Crippen molar-refractivity contribution in [2.45, 2.75) is 45.1 Å². The van der Waals surface area contributed by atoms with Gasteiger partial charge in [-0.05, 0) is 31.2 Å². The minimum atomic E-state index is -0.428. The van der Waals surface area contributed by atoms with E-state index in [9.17, 15) is 10.1 Å². The number of non-ortho nitro benzene ring substituents is 1. The number of nitrogens with zero attached hydrogens (tertiary/aromatic N) is 1. The molecule has 0 saturated heterocycles. The standard InChI is InChI=1S/C14H19ClN2O2/c1-10-3-2-4-11(6-5-10)16-14-8-7-12(17(18)19)9-13(14)15/h7-11,16H,2-6H2,1H3. The lowest BCUT2D eigenvalue weighted by atomic mass is 10.0. The molecule has 0 aromatic heterocycles. The summed E-state index contributed by atoms with van der Waals surface area (Å²) >= 11 is 6.10. The van der Waals surface area contributed by atoms with E-state index < -0.39 is 4.92 Å². The van der Waals surface area contributed by atoms with Gasteiger partial charge in [0.15, 0.2) is 0 Å². The predicted octanol–water partition coefficient (Wildman–Crippen LogP) is 4.63. The molecule has 1 fully saturated rings. The van der Waals surface area contributed by atoms with Crippen LogP contribution in [-0.4, -0.2) is 11.0 Å². The zero-order chi connectivity index (χ0) is 13.8. The number of anilines is 1. The van der Waals surface area contributed by atoms with Crippen molar-refractivity contribution in [3.05, 3.63) is 33.3 Å². The van der Waals surface area contributed by atoms with Crippen LogP contribution >= 0.6 is 11.6 Å². The van der Waals surface area contributed by atoms with Gasteiger partial charge >= 0.3 is 0 Å². The molecule has 2 atom stereocenters. The van der Waals surface area contributed by atoms with Crippen LogP contribution in [0.4, 0.5) is 11.4 Å². The molecule has 0 aliphatic heterocycles. The van der Waals surface area contributed by atoms with Crippen LogP contribution in [0.5, 0.6) is 0 Å². The Kier molecular flexibility index (Phi) is 4.64. The van der Waals surface area contributed by atoms with Gasteiger partial charge < -0.3 is 5.32 Å². The molecule has 4 nitrogen and oxygen atoms in total. The first-order valence-electron chi connectivity index (χ1n) is 6.76. The molecule has 1 aliphatic rings. The van der Waals surface area contributed by atoms with Gasteiger partial charge in [0.25, 0.3) is 5.69 Å². The van der Waals surface area contributed by atoms with Gasteiger partial charge in [-0.25, -0.2) is 0 Å². The summed E-state index contributed by atoms with van der Waals surface area (Å²) in [7, 11) is 0. The lowest BCUT2D eigenvalue weighted by Crippen LogP contribution is -2.18. The molecule has 0 bridgehead atoms. The molecule has 19 heavy (non-hydrogen) atoms. The normalized spacial score (nSPS) is 23.7. The van der Waals surface area contributed by atoms with Gasteiger partial charge in [0.2, 0.25) is 0 Å². The maximum Gasteiger partial charge on any atom is 0.271 e. The number of benzene rings is 1. The van der Waals surface area contributed by atoms with Gasteiger partial charge in [0.05, 0.1) is 15.6 Å². The molecular formula is C14H19ClN2O2. The molecule has 1 aromatic carbocycles. The van der Waals surface area contributed by atoms with E-state index in [1.807, 2.05) is 0 Å². The Morgan fingerprint density at radius 3 is 2.79 bits per heavy atom. The average Bonchev–Trinajstić information content (AvgIpc) is 2.57. The largest absolute Gasteiger partial charge is 0.381 e. The second-order valence-corrected chi connectivity index (χ2v) is 5.78. The van der Waals surface area contributed by atoms with E-state index in [4.69, 9.17) is 11.6 Å². The van der Waals surface area contributed by atoms with E-state index in [0.717, 1.165) is 24.4 Å². The summed E-state index contributed by atoms with van der Waals surface area (Å²) < 4.78 is 0. The fraction of sp³-hybridized carbons (Fsp3) is 0.571. The molecule has 1 aromatic rings. The fourth-order valence-electron chi connectivity index (χ4n) is 2.59. The zero-order valence-corrected chi connectivity index (χ0v) is 11.8. The molecule has 2 unspecified atom stereocenters. The Hall–Kier alpha value is -1.29. The lowest BCUT2D eigenvalue weighted by Gasteiger charge is -2.18. The second kappa shape index (κ2) is 6.24. The first-order valence-corrected chi connectivity index (χ1v) is 7.14. The van der Waals surface area contributed by atoms with Gasteiger partial charge in [-0.2, -0.15) is 0 Å². The van der Waals surface area contributed by atoms with Crippen molar-refractivity contribution in [2.75, 3.05) is 5.32 Å². The van der Waals surface area contributed by atoms with Crippen molar-refractivity contribution < 1.29 is 4.92 Å². The van der Waals surface area contributed by atoms with Gasteiger partial charge in [0, 0.05) is 18.2 Å². The first kappa shape index (κ1) is 14.1. The quantitative estimate of drug-likeness (QED) is 0.499. The van der Waals surface area contributed by atoms with Crippen LogP contribution in [0.3, 0.4) is 0 Å². The van der Waals surface area contributed by atoms with Crippen molar-refractivity contribution in [1.29, 1.82) is 0 Å². The summed E-state index contributed by atoms with van der Waals surface area (Å²) in [5.74, 6) is 0.791. The van der Waals surface area contributed by atoms with E-state index in [1.165, 1.54) is 31.4 Å². The first-order chi connectivity index (χ1) is 9.06. The molecule has 2 rings (SSSR count). The third-order valence-electron chi connectivity index (χ3n) is 3.78. The van der Waals surface area contributed by atoms with Gasteiger partial charge in [0.1, 0.15) is 0 Å². The molecule has 0 radical (unpaired) electrons. The molecule has 5 heteroatoms. The smallest absolute Gasteiger partial charge is 0.271 e. The molecule has 0 amide bonds. The number of nitro groups is 1. The SMILES string of the molecule is CC1CCCC(Nc2ccc([N+](=O)[O-])cc2Cl)CC1. The zero-order valence-electron chi connectivity index (χ0n) is 11.1. The van der Waals surface area contributed by atoms with Crippen molar-refractivity contribution in [3.63, 3.8) is 0 Å². The summed E-state index contributed by atoms with van der Waals surface area (Å²) in [5, 5.41) is 14.5. The highest BCUT2D eigenvalue weighted by atomic mass is 35.5. The Labute approximate surface area is 118 Å². The monoisotopic (exact) mass is 282 g/mol. The maximum absolute atomic E-state index is 10.7. The highest BCUT2D eigenvalue weighted by Gasteiger charge is 2.17. The Balaban J connectivity index is 2.04. The van der Waals surface area contributed by atoms with Crippen LogP contribution < -0.4 is 5.32 Å². The highest BCUT2D eigenvalue weighted by molar-refractivity contribution is 6.33. The molecular weight excluding hydrogens is 264 g/mol. The Morgan fingerprint density at radius 1 is 1.32 bits per heavy atom. The Morgan fingerprint density at radius 2 is 2.11 bits per heavy atom. The van der Waals surface area contributed by atoms with Crippen LogP contribution in [-0.2, 0) is 0 Å². The van der Waals surface area contributed by atoms with Crippen molar-refractivity contribution in [2.24, 2.45) is 5.92 Å². The topological polar surface area (TPSA) is 55.2 Å². The third-order valence-corrected chi connectivity index (χ3v) is 4.09. The van der Waals surface area contributed by atoms with Crippen molar-refractivity contribution >= 4 is 23.0 Å². The number of rotatable bonds is 3. The van der Waals surface area contributed by atoms with E-state index in [0.29, 0.717) is 11.1 Å². The van der Waals surface area contributed by atoms with E-state index in [1.54, 1.807) is 6.07 Å². The van der Waals surface area contributed by atoms with Gasteiger partial charge in [-0.15, -0.1) is 0 Å². The predicted molar refractivity (Wildman–Crippen MR) is 77.8 cm³/mol.